The van der Waals surface area contributed by atoms with Crippen molar-refractivity contribution in [2.24, 2.45) is 0 Å². The third kappa shape index (κ3) is 481. The fourth-order valence-electron chi connectivity index (χ4n) is 0. The van der Waals surface area contributed by atoms with Gasteiger partial charge < -0.3 is 15.0 Å². The van der Waals surface area contributed by atoms with E-state index in [9.17, 15) is 0 Å². The van der Waals surface area contributed by atoms with E-state index in [1.165, 1.54) is 0 Å². The largest absolute Gasteiger partial charge is 1.00 e. The molecule has 0 rings (SSSR count). The molecule has 64 valence electrons. The first kappa shape index (κ1) is 29.2. The Morgan fingerprint density at radius 2 is 1.08 bits per heavy atom. The van der Waals surface area contributed by atoms with Gasteiger partial charge in [0.1, 0.15) is 0 Å². The van der Waals surface area contributed by atoms with Crippen molar-refractivity contribution < 1.29 is 109 Å². The van der Waals surface area contributed by atoms with Crippen LogP contribution in [0.3, 0.4) is 0 Å². The third-order valence-corrected chi connectivity index (χ3v) is 0. The van der Waals surface area contributed by atoms with Crippen LogP contribution in [0.5, 0.6) is 0 Å². The zero-order valence-corrected chi connectivity index (χ0v) is 12.1. The molecule has 0 unspecified atom stereocenters. The van der Waals surface area contributed by atoms with Crippen molar-refractivity contribution in [1.29, 1.82) is 0 Å². The molecule has 0 bridgehead atoms. The Hall–Kier alpha value is 1.66. The molecule has 0 aliphatic rings. The Bertz CT molecular complexity index is 164. The molecule has 0 radical (unpaired) electrons. The quantitative estimate of drug-likeness (QED) is 0.325. The maximum atomic E-state index is 8.74. The predicted molar refractivity (Wildman–Crippen MR) is 19.6 cm³/mol. The average molecular weight is 260 g/mol. The number of carboxylic acid groups (broad SMARTS) is 2. The van der Waals surface area contributed by atoms with Crippen LogP contribution >= 0.6 is 0 Å². The van der Waals surface area contributed by atoms with Gasteiger partial charge in [-0.05, 0) is 6.16 Å². The van der Waals surface area contributed by atoms with Crippen LogP contribution in [-0.2, 0) is 27.5 Å². The zero-order chi connectivity index (χ0) is 8.08. The minimum Gasteiger partial charge on any atom is -0.652 e. The molecule has 0 spiro atoms. The van der Waals surface area contributed by atoms with Crippen LogP contribution in [0.2, 0.25) is 0 Å². The summed E-state index contributed by atoms with van der Waals surface area (Å²) in [6, 6.07) is 0. The SMILES string of the molecule is O=C([O-])[O-].O=S(=O)(O)O.[Fe].[Na+].[Na+]. The van der Waals surface area contributed by atoms with Gasteiger partial charge in [0.05, 0.1) is 0 Å². The minimum absolute atomic E-state index is 0. The third-order valence-electron chi connectivity index (χ3n) is 0. The Kier molecular flexibility index (Phi) is 36.8. The van der Waals surface area contributed by atoms with Gasteiger partial charge in [0.25, 0.3) is 0 Å². The average Bonchev–Trinajstić information content (AvgIpc) is 1.19. The van der Waals surface area contributed by atoms with Gasteiger partial charge >= 0.3 is 69.5 Å². The van der Waals surface area contributed by atoms with Gasteiger partial charge in [-0.15, -0.1) is 0 Å². The van der Waals surface area contributed by atoms with Crippen LogP contribution in [-0.4, -0.2) is 23.7 Å². The van der Waals surface area contributed by atoms with Crippen LogP contribution in [0.25, 0.3) is 0 Å². The summed E-state index contributed by atoms with van der Waals surface area (Å²) in [7, 11) is -4.67. The van der Waals surface area contributed by atoms with Gasteiger partial charge in [-0.2, -0.15) is 8.42 Å². The van der Waals surface area contributed by atoms with Gasteiger partial charge in [0, 0.05) is 17.1 Å². The Balaban J connectivity index is -0.0000000221. The summed E-state index contributed by atoms with van der Waals surface area (Å²) in [6.45, 7) is 0. The molecule has 0 atom stereocenters. The van der Waals surface area contributed by atoms with Crippen molar-refractivity contribution >= 4 is 16.6 Å². The summed E-state index contributed by atoms with van der Waals surface area (Å²) in [5, 5.41) is 16.7. The van der Waals surface area contributed by atoms with Crippen molar-refractivity contribution in [1.82, 2.24) is 0 Å². The summed E-state index contributed by atoms with van der Waals surface area (Å²) < 4.78 is 31.6. The van der Waals surface area contributed by atoms with Gasteiger partial charge in [-0.3, -0.25) is 9.11 Å². The molecular weight excluding hydrogens is 258 g/mol. The van der Waals surface area contributed by atoms with E-state index in [0.717, 1.165) is 0 Å². The summed E-state index contributed by atoms with van der Waals surface area (Å²) >= 11 is 0. The molecule has 0 aromatic rings. The van der Waals surface area contributed by atoms with Crippen molar-refractivity contribution in [3.8, 4) is 0 Å². The van der Waals surface area contributed by atoms with Crippen LogP contribution in [0, 0.1) is 0 Å². The minimum atomic E-state index is -4.67. The first-order valence-electron chi connectivity index (χ1n) is 1.31. The molecule has 0 aromatic carbocycles. The Morgan fingerprint density at radius 3 is 1.08 bits per heavy atom. The van der Waals surface area contributed by atoms with Crippen LogP contribution in [0.15, 0.2) is 0 Å². The molecule has 12 heavy (non-hydrogen) atoms. The summed E-state index contributed by atoms with van der Waals surface area (Å²) in [4.78, 5) is 8.33. The first-order valence-corrected chi connectivity index (χ1v) is 2.71. The Labute approximate surface area is 124 Å². The molecule has 0 aromatic heterocycles. The monoisotopic (exact) mass is 260 g/mol. The van der Waals surface area contributed by atoms with Gasteiger partial charge in [-0.25, -0.2) is 0 Å². The number of carbonyl (C=O) groups is 1. The molecule has 0 fully saturated rings. The van der Waals surface area contributed by atoms with Crippen molar-refractivity contribution in [3.05, 3.63) is 0 Å². The van der Waals surface area contributed by atoms with E-state index in [0.29, 0.717) is 0 Å². The van der Waals surface area contributed by atoms with E-state index in [1.54, 1.807) is 0 Å². The summed E-state index contributed by atoms with van der Waals surface area (Å²) in [5.74, 6) is 0. The molecule has 0 aliphatic carbocycles. The van der Waals surface area contributed by atoms with E-state index in [1.807, 2.05) is 0 Å². The summed E-state index contributed by atoms with van der Waals surface area (Å²) in [5.41, 5.74) is 0. The summed E-state index contributed by atoms with van der Waals surface area (Å²) in [6.07, 6.45) is -2.33. The molecule has 11 heteroatoms. The molecular formula is CH2FeNa2O7S. The number of hydrogen-bond acceptors (Lipinski definition) is 5. The number of rotatable bonds is 0. The second-order valence-electron chi connectivity index (χ2n) is 0.698. The van der Waals surface area contributed by atoms with Gasteiger partial charge in [0.15, 0.2) is 0 Å². The van der Waals surface area contributed by atoms with Gasteiger partial charge in [-0.1, -0.05) is 0 Å². The first-order chi connectivity index (χ1) is 3.73. The number of carbonyl (C=O) groups excluding carboxylic acids is 1. The van der Waals surface area contributed by atoms with E-state index < -0.39 is 16.6 Å². The zero-order valence-electron chi connectivity index (χ0n) is 6.20. The molecule has 7 nitrogen and oxygen atoms in total. The molecule has 2 N–H and O–H groups in total. The van der Waals surface area contributed by atoms with E-state index in [-0.39, 0.29) is 76.2 Å². The van der Waals surface area contributed by atoms with E-state index in [4.69, 9.17) is 32.5 Å². The molecule has 0 saturated heterocycles. The van der Waals surface area contributed by atoms with Crippen molar-refractivity contribution in [2.75, 3.05) is 0 Å². The fraction of sp³-hybridized carbons (Fsp3) is 0. The standard InChI is InChI=1S/CH2O3.Fe.2Na.H2O4S/c2-1(3)4;;;;1-5(2,3)4/h(H2,2,3,4);;;;(H2,1,2,3,4)/q;;2*+1;/p-2. The smallest absolute Gasteiger partial charge is 0.652 e. The molecule has 0 saturated carbocycles. The second-order valence-corrected chi connectivity index (χ2v) is 1.59. The van der Waals surface area contributed by atoms with E-state index in [2.05, 4.69) is 0 Å². The van der Waals surface area contributed by atoms with Crippen molar-refractivity contribution in [3.63, 3.8) is 0 Å². The van der Waals surface area contributed by atoms with E-state index >= 15 is 0 Å². The molecule has 0 heterocycles. The molecule has 0 amide bonds. The van der Waals surface area contributed by atoms with Crippen molar-refractivity contribution in [2.45, 2.75) is 0 Å². The maximum absolute atomic E-state index is 8.74. The number of hydrogen-bond donors (Lipinski definition) is 2. The predicted octanol–water partition coefficient (Wildman–Crippen LogP) is -9.09. The molecule has 0 aliphatic heterocycles. The van der Waals surface area contributed by atoms with Crippen LogP contribution < -0.4 is 69.3 Å². The fourth-order valence-corrected chi connectivity index (χ4v) is 0. The van der Waals surface area contributed by atoms with Crippen LogP contribution in [0.4, 0.5) is 4.79 Å². The maximum Gasteiger partial charge on any atom is 1.00 e. The topological polar surface area (TPSA) is 138 Å². The van der Waals surface area contributed by atoms with Gasteiger partial charge in [0.2, 0.25) is 0 Å². The van der Waals surface area contributed by atoms with Crippen LogP contribution in [0.1, 0.15) is 0 Å². The normalized spacial score (nSPS) is 6.83. The second kappa shape index (κ2) is 15.1. The Morgan fingerprint density at radius 1 is 1.08 bits per heavy atom.